The number of benzene rings is 2. The second-order valence-electron chi connectivity index (χ2n) is 6.80. The summed E-state index contributed by atoms with van der Waals surface area (Å²) in [4.78, 5) is 36.2. The summed E-state index contributed by atoms with van der Waals surface area (Å²) in [5, 5.41) is 8.25. The predicted octanol–water partition coefficient (Wildman–Crippen LogP) is 2.46. The van der Waals surface area contributed by atoms with Gasteiger partial charge in [0.05, 0.1) is 14.2 Å². The first-order chi connectivity index (χ1) is 14.3. The van der Waals surface area contributed by atoms with E-state index in [-0.39, 0.29) is 36.7 Å². The number of rotatable bonds is 9. The molecule has 0 aliphatic heterocycles. The number of hydrogen-bond donors (Lipinski definition) is 3. The molecule has 2 aromatic rings. The molecule has 0 aliphatic rings. The summed E-state index contributed by atoms with van der Waals surface area (Å²) in [6, 6.07) is 11.5. The Labute approximate surface area is 175 Å². The van der Waals surface area contributed by atoms with E-state index < -0.39 is 0 Å². The van der Waals surface area contributed by atoms with Crippen LogP contribution in [0.4, 0.5) is 5.69 Å². The molecule has 0 aliphatic carbocycles. The molecule has 160 valence electrons. The van der Waals surface area contributed by atoms with Crippen molar-refractivity contribution in [1.29, 1.82) is 0 Å². The molecular weight excluding hydrogens is 386 g/mol. The van der Waals surface area contributed by atoms with E-state index in [0.29, 0.717) is 28.3 Å². The number of amides is 3. The van der Waals surface area contributed by atoms with Crippen LogP contribution < -0.4 is 25.4 Å². The van der Waals surface area contributed by atoms with Crippen molar-refractivity contribution in [2.75, 3.05) is 32.6 Å². The predicted molar refractivity (Wildman–Crippen MR) is 114 cm³/mol. The molecule has 0 radical (unpaired) electrons. The maximum Gasteiger partial charge on any atom is 0.251 e. The van der Waals surface area contributed by atoms with Gasteiger partial charge in [0.15, 0.2) is 11.5 Å². The quantitative estimate of drug-likeness (QED) is 0.548. The van der Waals surface area contributed by atoms with Crippen molar-refractivity contribution >= 4 is 23.4 Å². The number of nitrogens with one attached hydrogen (secondary N) is 3. The van der Waals surface area contributed by atoms with Gasteiger partial charge in [-0.3, -0.25) is 14.4 Å². The zero-order chi connectivity index (χ0) is 22.1. The molecule has 2 rings (SSSR count). The number of anilines is 1. The fourth-order valence-electron chi connectivity index (χ4n) is 2.53. The minimum absolute atomic E-state index is 0.0857. The summed E-state index contributed by atoms with van der Waals surface area (Å²) < 4.78 is 10.3. The Kier molecular flexibility index (Phi) is 8.22. The minimum atomic E-state index is -0.282. The molecule has 8 nitrogen and oxygen atoms in total. The molecule has 0 atom stereocenters. The van der Waals surface area contributed by atoms with Crippen LogP contribution in [0.25, 0.3) is 0 Å². The van der Waals surface area contributed by atoms with Crippen molar-refractivity contribution in [3.8, 4) is 11.5 Å². The van der Waals surface area contributed by atoms with Gasteiger partial charge in [-0.25, -0.2) is 0 Å². The van der Waals surface area contributed by atoms with Crippen LogP contribution in [0.15, 0.2) is 42.5 Å². The third-order valence-electron chi connectivity index (χ3n) is 4.28. The van der Waals surface area contributed by atoms with Gasteiger partial charge in [0.2, 0.25) is 5.91 Å². The van der Waals surface area contributed by atoms with Crippen LogP contribution in [0.1, 0.15) is 34.6 Å². The van der Waals surface area contributed by atoms with Gasteiger partial charge in [-0.05, 0) is 42.5 Å². The Morgan fingerprint density at radius 2 is 1.33 bits per heavy atom. The number of hydrogen-bond acceptors (Lipinski definition) is 5. The van der Waals surface area contributed by atoms with Crippen LogP contribution in [0, 0.1) is 5.92 Å². The molecule has 0 spiro atoms. The molecule has 0 aromatic heterocycles. The summed E-state index contributed by atoms with van der Waals surface area (Å²) in [5.74, 6) is 0.245. The van der Waals surface area contributed by atoms with Gasteiger partial charge in [0, 0.05) is 35.8 Å². The Bertz CT molecular complexity index is 894. The van der Waals surface area contributed by atoms with Gasteiger partial charge in [0.25, 0.3) is 11.8 Å². The van der Waals surface area contributed by atoms with Crippen molar-refractivity contribution in [2.24, 2.45) is 5.92 Å². The number of carbonyl (C=O) groups excluding carboxylic acids is 3. The minimum Gasteiger partial charge on any atom is -0.493 e. The zero-order valence-corrected chi connectivity index (χ0v) is 17.6. The molecule has 0 unspecified atom stereocenters. The average Bonchev–Trinajstić information content (AvgIpc) is 2.76. The Morgan fingerprint density at radius 3 is 1.87 bits per heavy atom. The Hall–Kier alpha value is -3.55. The first-order valence-electron chi connectivity index (χ1n) is 9.55. The van der Waals surface area contributed by atoms with E-state index in [1.54, 1.807) is 56.3 Å². The van der Waals surface area contributed by atoms with Gasteiger partial charge in [0.1, 0.15) is 0 Å². The van der Waals surface area contributed by atoms with Crippen molar-refractivity contribution in [3.63, 3.8) is 0 Å². The fraction of sp³-hybridized carbons (Fsp3) is 0.318. The summed E-state index contributed by atoms with van der Waals surface area (Å²) in [6.45, 7) is 4.15. The van der Waals surface area contributed by atoms with Crippen LogP contribution in [0.5, 0.6) is 11.5 Å². The van der Waals surface area contributed by atoms with Gasteiger partial charge >= 0.3 is 0 Å². The summed E-state index contributed by atoms with van der Waals surface area (Å²) in [7, 11) is 3.02. The normalized spacial score (nSPS) is 10.3. The SMILES string of the molecule is COc1ccc(C(=O)NCCNC(=O)c2ccc(NC(=O)C(C)C)cc2)cc1OC. The van der Waals surface area contributed by atoms with Crippen LogP contribution in [-0.2, 0) is 4.79 Å². The standard InChI is InChI=1S/C22H27N3O5/c1-14(2)20(26)25-17-8-5-15(6-9-17)21(27)23-11-12-24-22(28)16-7-10-18(29-3)19(13-16)30-4/h5-10,13-14H,11-12H2,1-4H3,(H,23,27)(H,24,28)(H,25,26). The van der Waals surface area contributed by atoms with Crippen LogP contribution in [-0.4, -0.2) is 45.0 Å². The molecule has 8 heteroatoms. The smallest absolute Gasteiger partial charge is 0.251 e. The molecule has 0 heterocycles. The lowest BCUT2D eigenvalue weighted by Crippen LogP contribution is -2.34. The monoisotopic (exact) mass is 413 g/mol. The van der Waals surface area contributed by atoms with E-state index in [1.807, 2.05) is 0 Å². The van der Waals surface area contributed by atoms with Gasteiger partial charge in [-0.2, -0.15) is 0 Å². The van der Waals surface area contributed by atoms with E-state index in [0.717, 1.165) is 0 Å². The number of carbonyl (C=O) groups is 3. The molecular formula is C22H27N3O5. The van der Waals surface area contributed by atoms with Crippen molar-refractivity contribution in [3.05, 3.63) is 53.6 Å². The van der Waals surface area contributed by atoms with Gasteiger partial charge in [-0.1, -0.05) is 13.8 Å². The van der Waals surface area contributed by atoms with Crippen molar-refractivity contribution in [1.82, 2.24) is 10.6 Å². The van der Waals surface area contributed by atoms with Gasteiger partial charge < -0.3 is 25.4 Å². The lowest BCUT2D eigenvalue weighted by atomic mass is 10.1. The van der Waals surface area contributed by atoms with Crippen LogP contribution in [0.2, 0.25) is 0 Å². The fourth-order valence-corrected chi connectivity index (χ4v) is 2.53. The summed E-state index contributed by atoms with van der Waals surface area (Å²) in [5.41, 5.74) is 1.52. The van der Waals surface area contributed by atoms with E-state index in [9.17, 15) is 14.4 Å². The molecule has 0 saturated carbocycles. The van der Waals surface area contributed by atoms with Crippen molar-refractivity contribution < 1.29 is 23.9 Å². The summed E-state index contributed by atoms with van der Waals surface area (Å²) in [6.07, 6.45) is 0. The Balaban J connectivity index is 1.80. The highest BCUT2D eigenvalue weighted by Gasteiger charge is 2.11. The van der Waals surface area contributed by atoms with Crippen LogP contribution in [0.3, 0.4) is 0 Å². The highest BCUT2D eigenvalue weighted by atomic mass is 16.5. The second kappa shape index (κ2) is 10.8. The highest BCUT2D eigenvalue weighted by molar-refractivity contribution is 5.96. The Morgan fingerprint density at radius 1 is 0.800 bits per heavy atom. The van der Waals surface area contributed by atoms with Crippen LogP contribution >= 0.6 is 0 Å². The zero-order valence-electron chi connectivity index (χ0n) is 17.6. The molecule has 3 N–H and O–H groups in total. The third-order valence-corrected chi connectivity index (χ3v) is 4.28. The van der Waals surface area contributed by atoms with E-state index >= 15 is 0 Å². The molecule has 3 amide bonds. The molecule has 30 heavy (non-hydrogen) atoms. The summed E-state index contributed by atoms with van der Waals surface area (Å²) >= 11 is 0. The lowest BCUT2D eigenvalue weighted by molar-refractivity contribution is -0.118. The largest absolute Gasteiger partial charge is 0.493 e. The average molecular weight is 413 g/mol. The number of methoxy groups -OCH3 is 2. The van der Waals surface area contributed by atoms with Crippen molar-refractivity contribution in [2.45, 2.75) is 13.8 Å². The van der Waals surface area contributed by atoms with E-state index in [1.165, 1.54) is 14.2 Å². The first kappa shape index (κ1) is 22.7. The molecule has 2 aromatic carbocycles. The highest BCUT2D eigenvalue weighted by Crippen LogP contribution is 2.27. The molecule has 0 bridgehead atoms. The second-order valence-corrected chi connectivity index (χ2v) is 6.80. The molecule has 0 fully saturated rings. The topological polar surface area (TPSA) is 106 Å². The molecule has 0 saturated heterocycles. The maximum atomic E-state index is 12.2. The van der Waals surface area contributed by atoms with E-state index in [4.69, 9.17) is 9.47 Å². The van der Waals surface area contributed by atoms with Gasteiger partial charge in [-0.15, -0.1) is 0 Å². The van der Waals surface area contributed by atoms with E-state index in [2.05, 4.69) is 16.0 Å². The lowest BCUT2D eigenvalue weighted by Gasteiger charge is -2.11. The maximum absolute atomic E-state index is 12.2. The third kappa shape index (κ3) is 6.23. The number of ether oxygens (including phenoxy) is 2. The first-order valence-corrected chi connectivity index (χ1v) is 9.55.